The van der Waals surface area contributed by atoms with Crippen LogP contribution in [-0.4, -0.2) is 6.04 Å². The molecular weight excluding hydrogens is 196 g/mol. The second-order valence-electron chi connectivity index (χ2n) is 5.48. The van der Waals surface area contributed by atoms with Crippen molar-refractivity contribution in [1.29, 1.82) is 0 Å². The van der Waals surface area contributed by atoms with E-state index in [1.54, 1.807) is 5.57 Å². The normalized spacial score (nSPS) is 25.2. The van der Waals surface area contributed by atoms with Crippen LogP contribution in [0.15, 0.2) is 11.6 Å². The molecular formula is C14H26N2. The average molecular weight is 222 g/mol. The second-order valence-corrected chi connectivity index (χ2v) is 5.48. The smallest absolute Gasteiger partial charge is 0.0422 e. The number of hydrazine groups is 1. The predicted octanol–water partition coefficient (Wildman–Crippen LogP) is 3.29. The first kappa shape index (κ1) is 12.1. The van der Waals surface area contributed by atoms with Crippen LogP contribution in [0.5, 0.6) is 0 Å². The molecule has 2 heteroatoms. The standard InChI is InChI=1S/C14H26N2/c15-16-14(13-9-5-2-6-10-13)11-12-7-3-1-4-8-12/h9,12,14,16H,1-8,10-11,15H2. The Morgan fingerprint density at radius 2 is 2.00 bits per heavy atom. The third kappa shape index (κ3) is 3.33. The van der Waals surface area contributed by atoms with Gasteiger partial charge in [-0.3, -0.25) is 11.3 Å². The second kappa shape index (κ2) is 6.41. The summed E-state index contributed by atoms with van der Waals surface area (Å²) < 4.78 is 0. The molecule has 16 heavy (non-hydrogen) atoms. The van der Waals surface area contributed by atoms with Gasteiger partial charge in [0.1, 0.15) is 0 Å². The highest BCUT2D eigenvalue weighted by Crippen LogP contribution is 2.30. The molecule has 0 radical (unpaired) electrons. The van der Waals surface area contributed by atoms with E-state index >= 15 is 0 Å². The summed E-state index contributed by atoms with van der Waals surface area (Å²) in [6.45, 7) is 0. The van der Waals surface area contributed by atoms with E-state index in [1.807, 2.05) is 0 Å². The van der Waals surface area contributed by atoms with Crippen LogP contribution in [0.1, 0.15) is 64.2 Å². The predicted molar refractivity (Wildman–Crippen MR) is 68.9 cm³/mol. The van der Waals surface area contributed by atoms with Gasteiger partial charge in [-0.05, 0) is 38.0 Å². The minimum absolute atomic E-state index is 0.461. The molecule has 2 nitrogen and oxygen atoms in total. The monoisotopic (exact) mass is 222 g/mol. The number of allylic oxidation sites excluding steroid dienone is 1. The van der Waals surface area contributed by atoms with E-state index < -0.39 is 0 Å². The molecule has 1 fully saturated rings. The summed E-state index contributed by atoms with van der Waals surface area (Å²) in [5.74, 6) is 6.64. The van der Waals surface area contributed by atoms with Crippen molar-refractivity contribution in [2.75, 3.05) is 0 Å². The molecule has 0 heterocycles. The summed E-state index contributed by atoms with van der Waals surface area (Å²) in [6, 6.07) is 0.461. The summed E-state index contributed by atoms with van der Waals surface area (Å²) >= 11 is 0. The molecule has 3 N–H and O–H groups in total. The van der Waals surface area contributed by atoms with Gasteiger partial charge in [-0.1, -0.05) is 43.8 Å². The Morgan fingerprint density at radius 1 is 1.19 bits per heavy atom. The molecule has 0 bridgehead atoms. The maximum Gasteiger partial charge on any atom is 0.0422 e. The summed E-state index contributed by atoms with van der Waals surface area (Å²) in [5.41, 5.74) is 4.63. The molecule has 2 aliphatic rings. The van der Waals surface area contributed by atoms with E-state index in [4.69, 9.17) is 5.84 Å². The van der Waals surface area contributed by atoms with Crippen LogP contribution in [0.25, 0.3) is 0 Å². The van der Waals surface area contributed by atoms with E-state index in [9.17, 15) is 0 Å². The van der Waals surface area contributed by atoms with E-state index in [1.165, 1.54) is 64.2 Å². The molecule has 0 aromatic rings. The minimum Gasteiger partial charge on any atom is -0.271 e. The van der Waals surface area contributed by atoms with E-state index in [-0.39, 0.29) is 0 Å². The lowest BCUT2D eigenvalue weighted by Gasteiger charge is -2.29. The number of nitrogens with two attached hydrogens (primary N) is 1. The Kier molecular flexibility index (Phi) is 4.86. The van der Waals surface area contributed by atoms with Crippen molar-refractivity contribution < 1.29 is 0 Å². The molecule has 2 aliphatic carbocycles. The molecule has 92 valence electrons. The quantitative estimate of drug-likeness (QED) is 0.435. The Labute approximate surface area is 99.6 Å². The average Bonchev–Trinajstić information content (AvgIpc) is 2.38. The molecule has 0 amide bonds. The third-order valence-corrected chi connectivity index (χ3v) is 4.27. The highest BCUT2D eigenvalue weighted by Gasteiger charge is 2.21. The van der Waals surface area contributed by atoms with Crippen LogP contribution in [0.4, 0.5) is 0 Å². The van der Waals surface area contributed by atoms with Gasteiger partial charge >= 0.3 is 0 Å². The lowest BCUT2D eigenvalue weighted by molar-refractivity contribution is 0.308. The Hall–Kier alpha value is -0.340. The van der Waals surface area contributed by atoms with Crippen LogP contribution in [0.2, 0.25) is 0 Å². The van der Waals surface area contributed by atoms with Gasteiger partial charge in [0.2, 0.25) is 0 Å². The SMILES string of the molecule is NNC(CC1CCCCC1)C1=CCCCC1. The summed E-state index contributed by atoms with van der Waals surface area (Å²) in [4.78, 5) is 0. The number of hydrogen-bond acceptors (Lipinski definition) is 2. The van der Waals surface area contributed by atoms with Crippen LogP contribution in [-0.2, 0) is 0 Å². The number of rotatable bonds is 4. The minimum atomic E-state index is 0.461. The molecule has 0 aromatic carbocycles. The molecule has 0 spiro atoms. The Balaban J connectivity index is 1.86. The molecule has 1 saturated carbocycles. The summed E-state index contributed by atoms with van der Waals surface area (Å²) in [6.07, 6.45) is 16.1. The molecule has 1 atom stereocenters. The van der Waals surface area contributed by atoms with Gasteiger partial charge < -0.3 is 0 Å². The zero-order valence-electron chi connectivity index (χ0n) is 10.4. The number of nitrogens with one attached hydrogen (secondary N) is 1. The van der Waals surface area contributed by atoms with Crippen LogP contribution < -0.4 is 11.3 Å². The van der Waals surface area contributed by atoms with Gasteiger partial charge in [-0.15, -0.1) is 0 Å². The highest BCUT2D eigenvalue weighted by atomic mass is 15.2. The maximum absolute atomic E-state index is 5.73. The fraction of sp³-hybridized carbons (Fsp3) is 0.857. The Bertz CT molecular complexity index is 229. The molecule has 0 aromatic heterocycles. The van der Waals surface area contributed by atoms with Crippen LogP contribution >= 0.6 is 0 Å². The fourth-order valence-corrected chi connectivity index (χ4v) is 3.26. The first-order chi connectivity index (χ1) is 7.90. The van der Waals surface area contributed by atoms with Gasteiger partial charge in [-0.2, -0.15) is 0 Å². The third-order valence-electron chi connectivity index (χ3n) is 4.27. The van der Waals surface area contributed by atoms with Crippen LogP contribution in [0, 0.1) is 5.92 Å². The number of hydrogen-bond donors (Lipinski definition) is 2. The van der Waals surface area contributed by atoms with Crippen LogP contribution in [0.3, 0.4) is 0 Å². The first-order valence-electron chi connectivity index (χ1n) is 7.05. The molecule has 0 saturated heterocycles. The molecule has 0 aliphatic heterocycles. The van der Waals surface area contributed by atoms with Crippen molar-refractivity contribution in [3.05, 3.63) is 11.6 Å². The fourth-order valence-electron chi connectivity index (χ4n) is 3.26. The van der Waals surface area contributed by atoms with E-state index in [2.05, 4.69) is 11.5 Å². The van der Waals surface area contributed by atoms with Crippen molar-refractivity contribution in [3.8, 4) is 0 Å². The van der Waals surface area contributed by atoms with Crippen molar-refractivity contribution in [3.63, 3.8) is 0 Å². The van der Waals surface area contributed by atoms with Gasteiger partial charge in [0.25, 0.3) is 0 Å². The topological polar surface area (TPSA) is 38.0 Å². The first-order valence-corrected chi connectivity index (χ1v) is 7.05. The van der Waals surface area contributed by atoms with E-state index in [0.717, 1.165) is 5.92 Å². The van der Waals surface area contributed by atoms with Gasteiger partial charge in [0, 0.05) is 6.04 Å². The molecule has 1 unspecified atom stereocenters. The zero-order valence-corrected chi connectivity index (χ0v) is 10.4. The lowest BCUT2D eigenvalue weighted by atomic mass is 9.81. The molecule has 2 rings (SSSR count). The zero-order chi connectivity index (χ0) is 11.2. The van der Waals surface area contributed by atoms with E-state index in [0.29, 0.717) is 6.04 Å². The van der Waals surface area contributed by atoms with Gasteiger partial charge in [0.15, 0.2) is 0 Å². The van der Waals surface area contributed by atoms with Gasteiger partial charge in [0.05, 0.1) is 0 Å². The van der Waals surface area contributed by atoms with Crippen molar-refractivity contribution in [2.45, 2.75) is 70.3 Å². The summed E-state index contributed by atoms with van der Waals surface area (Å²) in [7, 11) is 0. The van der Waals surface area contributed by atoms with Gasteiger partial charge in [-0.25, -0.2) is 0 Å². The van der Waals surface area contributed by atoms with Crippen molar-refractivity contribution in [1.82, 2.24) is 5.43 Å². The maximum atomic E-state index is 5.73. The largest absolute Gasteiger partial charge is 0.271 e. The van der Waals surface area contributed by atoms with Crippen molar-refractivity contribution in [2.24, 2.45) is 11.8 Å². The summed E-state index contributed by atoms with van der Waals surface area (Å²) in [5, 5.41) is 0. The highest BCUT2D eigenvalue weighted by molar-refractivity contribution is 5.13. The van der Waals surface area contributed by atoms with Crippen molar-refractivity contribution >= 4 is 0 Å². The Morgan fingerprint density at radius 3 is 2.62 bits per heavy atom. The lowest BCUT2D eigenvalue weighted by Crippen LogP contribution is -2.38.